The predicted octanol–water partition coefficient (Wildman–Crippen LogP) is 2.41. The zero-order chi connectivity index (χ0) is 15.1. The molecule has 2 unspecified atom stereocenters. The van der Waals surface area contributed by atoms with Crippen LogP contribution >= 0.6 is 0 Å². The van der Waals surface area contributed by atoms with E-state index < -0.39 is 6.10 Å². The molecule has 4 nitrogen and oxygen atoms in total. The molecule has 0 bridgehead atoms. The Morgan fingerprint density at radius 2 is 2.05 bits per heavy atom. The average molecular weight is 282 g/mol. The number of aryl methyl sites for hydroxylation is 1. The minimum Gasteiger partial charge on any atom is -0.389 e. The van der Waals surface area contributed by atoms with Gasteiger partial charge >= 0.3 is 0 Å². The molecule has 1 aromatic heterocycles. The van der Waals surface area contributed by atoms with E-state index in [0.717, 1.165) is 13.0 Å². The van der Waals surface area contributed by atoms with E-state index in [9.17, 15) is 5.11 Å². The van der Waals surface area contributed by atoms with Crippen LogP contribution in [0.25, 0.3) is 0 Å². The third-order valence-corrected chi connectivity index (χ3v) is 3.70. The molecule has 0 radical (unpaired) electrons. The third kappa shape index (κ3) is 5.65. The molecule has 0 spiro atoms. The highest BCUT2D eigenvalue weighted by Crippen LogP contribution is 2.12. The number of hydrogen-bond acceptors (Lipinski definition) is 3. The number of hydrogen-bond donors (Lipinski definition) is 1. The maximum atomic E-state index is 10.1. The van der Waals surface area contributed by atoms with Crippen LogP contribution in [0, 0.1) is 0 Å². The van der Waals surface area contributed by atoms with Crippen molar-refractivity contribution in [3.8, 4) is 0 Å². The second kappa shape index (κ2) is 8.45. The number of rotatable bonds is 9. The molecule has 116 valence electrons. The molecule has 0 aliphatic rings. The van der Waals surface area contributed by atoms with Crippen molar-refractivity contribution >= 4 is 0 Å². The largest absolute Gasteiger partial charge is 0.389 e. The van der Waals surface area contributed by atoms with Gasteiger partial charge < -0.3 is 14.4 Å². The summed E-state index contributed by atoms with van der Waals surface area (Å²) in [6, 6.07) is 4.63. The fourth-order valence-electron chi connectivity index (χ4n) is 2.15. The van der Waals surface area contributed by atoms with E-state index in [2.05, 4.69) is 48.7 Å². The lowest BCUT2D eigenvalue weighted by Crippen LogP contribution is -2.40. The molecule has 4 heteroatoms. The van der Waals surface area contributed by atoms with Crippen LogP contribution in [-0.2, 0) is 18.3 Å². The maximum absolute atomic E-state index is 10.1. The molecular weight excluding hydrogens is 252 g/mol. The van der Waals surface area contributed by atoms with Crippen molar-refractivity contribution in [2.24, 2.45) is 7.05 Å². The van der Waals surface area contributed by atoms with Gasteiger partial charge in [-0.25, -0.2) is 0 Å². The van der Waals surface area contributed by atoms with Crippen LogP contribution in [0.5, 0.6) is 0 Å². The van der Waals surface area contributed by atoms with E-state index in [0.29, 0.717) is 19.2 Å². The smallest absolute Gasteiger partial charge is 0.0900 e. The molecule has 0 saturated heterocycles. The highest BCUT2D eigenvalue weighted by atomic mass is 16.5. The van der Waals surface area contributed by atoms with Gasteiger partial charge in [0.15, 0.2) is 0 Å². The zero-order valence-corrected chi connectivity index (χ0v) is 13.5. The van der Waals surface area contributed by atoms with Crippen molar-refractivity contribution in [1.29, 1.82) is 0 Å². The van der Waals surface area contributed by atoms with Crippen molar-refractivity contribution in [3.05, 3.63) is 24.0 Å². The van der Waals surface area contributed by atoms with Gasteiger partial charge in [-0.15, -0.1) is 0 Å². The molecule has 0 saturated carbocycles. The van der Waals surface area contributed by atoms with Crippen LogP contribution in [0.15, 0.2) is 18.3 Å². The first-order valence-corrected chi connectivity index (χ1v) is 7.58. The normalized spacial score (nSPS) is 15.0. The van der Waals surface area contributed by atoms with Crippen LogP contribution in [0.2, 0.25) is 0 Å². The van der Waals surface area contributed by atoms with E-state index in [1.807, 2.05) is 13.8 Å². The fraction of sp³-hybridized carbons (Fsp3) is 0.750. The lowest BCUT2D eigenvalue weighted by Gasteiger charge is -2.30. The topological polar surface area (TPSA) is 37.6 Å². The van der Waals surface area contributed by atoms with E-state index in [1.165, 1.54) is 5.69 Å². The van der Waals surface area contributed by atoms with Gasteiger partial charge in [-0.2, -0.15) is 0 Å². The van der Waals surface area contributed by atoms with Crippen LogP contribution in [0.1, 0.15) is 39.8 Å². The minimum atomic E-state index is -0.438. The highest BCUT2D eigenvalue weighted by molar-refractivity contribution is 5.06. The van der Waals surface area contributed by atoms with E-state index in [-0.39, 0.29) is 6.10 Å². The van der Waals surface area contributed by atoms with Crippen molar-refractivity contribution in [3.63, 3.8) is 0 Å². The first-order chi connectivity index (χ1) is 9.43. The Labute approximate surface area is 123 Å². The van der Waals surface area contributed by atoms with Gasteiger partial charge in [-0.3, -0.25) is 4.90 Å². The molecular formula is C16H30N2O2. The van der Waals surface area contributed by atoms with Gasteiger partial charge in [-0.05, 0) is 39.3 Å². The summed E-state index contributed by atoms with van der Waals surface area (Å²) < 4.78 is 7.63. The van der Waals surface area contributed by atoms with Crippen LogP contribution < -0.4 is 0 Å². The van der Waals surface area contributed by atoms with E-state index in [4.69, 9.17) is 4.74 Å². The molecule has 1 aromatic rings. The Hall–Kier alpha value is -0.840. The van der Waals surface area contributed by atoms with Crippen LogP contribution in [-0.4, -0.2) is 46.0 Å². The zero-order valence-electron chi connectivity index (χ0n) is 13.5. The van der Waals surface area contributed by atoms with E-state index >= 15 is 0 Å². The van der Waals surface area contributed by atoms with Gasteiger partial charge in [0.2, 0.25) is 0 Å². The Bertz CT molecular complexity index is 376. The van der Waals surface area contributed by atoms with Crippen LogP contribution in [0.4, 0.5) is 0 Å². The Kier molecular flexibility index (Phi) is 7.27. The maximum Gasteiger partial charge on any atom is 0.0900 e. The second-order valence-electron chi connectivity index (χ2n) is 5.83. The van der Waals surface area contributed by atoms with Gasteiger partial charge in [-0.1, -0.05) is 6.92 Å². The SMILES string of the molecule is CCC(C)N(Cc1cccn1C)CC(O)COC(C)C. The van der Waals surface area contributed by atoms with Gasteiger partial charge in [0.05, 0.1) is 18.8 Å². The first-order valence-electron chi connectivity index (χ1n) is 7.58. The first kappa shape index (κ1) is 17.2. The summed E-state index contributed by atoms with van der Waals surface area (Å²) in [7, 11) is 2.06. The second-order valence-corrected chi connectivity index (χ2v) is 5.83. The number of nitrogens with zero attached hydrogens (tertiary/aromatic N) is 2. The molecule has 0 fully saturated rings. The van der Waals surface area contributed by atoms with Gasteiger partial charge in [0, 0.05) is 38.1 Å². The summed E-state index contributed by atoms with van der Waals surface area (Å²) in [5.41, 5.74) is 1.27. The number of aliphatic hydroxyl groups is 1. The average Bonchev–Trinajstić information content (AvgIpc) is 2.80. The summed E-state index contributed by atoms with van der Waals surface area (Å²) in [4.78, 5) is 2.32. The molecule has 0 aliphatic heterocycles. The molecule has 1 N–H and O–H groups in total. The highest BCUT2D eigenvalue weighted by Gasteiger charge is 2.18. The van der Waals surface area contributed by atoms with Crippen molar-refractivity contribution in [1.82, 2.24) is 9.47 Å². The van der Waals surface area contributed by atoms with Gasteiger partial charge in [0.1, 0.15) is 0 Å². The van der Waals surface area contributed by atoms with Gasteiger partial charge in [0.25, 0.3) is 0 Å². The fourth-order valence-corrected chi connectivity index (χ4v) is 2.15. The molecule has 0 aromatic carbocycles. The van der Waals surface area contributed by atoms with Crippen molar-refractivity contribution < 1.29 is 9.84 Å². The Morgan fingerprint density at radius 1 is 1.35 bits per heavy atom. The number of aromatic nitrogens is 1. The standard InChI is InChI=1S/C16H30N2O2/c1-6-14(4)18(10-15-8-7-9-17(15)5)11-16(19)12-20-13(2)3/h7-9,13-14,16,19H,6,10-12H2,1-5H3. The lowest BCUT2D eigenvalue weighted by molar-refractivity contribution is -0.0152. The summed E-state index contributed by atoms with van der Waals surface area (Å²) >= 11 is 0. The summed E-state index contributed by atoms with van der Waals surface area (Å²) in [5, 5.41) is 10.1. The molecule has 0 aliphatic carbocycles. The quantitative estimate of drug-likeness (QED) is 0.756. The molecule has 0 amide bonds. The molecule has 1 rings (SSSR count). The molecule has 20 heavy (non-hydrogen) atoms. The van der Waals surface area contributed by atoms with Crippen molar-refractivity contribution in [2.75, 3.05) is 13.2 Å². The predicted molar refractivity (Wildman–Crippen MR) is 82.7 cm³/mol. The minimum absolute atomic E-state index is 0.162. The Morgan fingerprint density at radius 3 is 2.55 bits per heavy atom. The Balaban J connectivity index is 2.58. The van der Waals surface area contributed by atoms with Crippen LogP contribution in [0.3, 0.4) is 0 Å². The summed E-state index contributed by atoms with van der Waals surface area (Å²) in [6.07, 6.45) is 2.85. The summed E-state index contributed by atoms with van der Waals surface area (Å²) in [5.74, 6) is 0. The molecule has 2 atom stereocenters. The number of aliphatic hydroxyl groups excluding tert-OH is 1. The molecule has 1 heterocycles. The lowest BCUT2D eigenvalue weighted by atomic mass is 10.2. The number of ether oxygens (including phenoxy) is 1. The van der Waals surface area contributed by atoms with E-state index in [1.54, 1.807) is 0 Å². The van der Waals surface area contributed by atoms with Crippen molar-refractivity contribution in [2.45, 2.75) is 58.9 Å². The summed E-state index contributed by atoms with van der Waals surface area (Å²) in [6.45, 7) is 10.3. The monoisotopic (exact) mass is 282 g/mol. The third-order valence-electron chi connectivity index (χ3n) is 3.70.